The zero-order valence-electron chi connectivity index (χ0n) is 22.1. The van der Waals surface area contributed by atoms with Crippen LogP contribution in [0.3, 0.4) is 0 Å². The Bertz CT molecular complexity index is 1140. The van der Waals surface area contributed by atoms with Crippen molar-refractivity contribution in [2.24, 2.45) is 0 Å². The fraction of sp³-hybridized carbons (Fsp3) is 0.481. The van der Waals surface area contributed by atoms with E-state index in [4.69, 9.17) is 16.3 Å². The summed E-state index contributed by atoms with van der Waals surface area (Å²) in [6.45, 7) is 4.75. The lowest BCUT2D eigenvalue weighted by atomic mass is 10.1. The van der Waals surface area contributed by atoms with Crippen LogP contribution in [0.1, 0.15) is 51.5 Å². The van der Waals surface area contributed by atoms with Crippen LogP contribution in [0.15, 0.2) is 48.5 Å². The van der Waals surface area contributed by atoms with Crippen molar-refractivity contribution in [3.05, 3.63) is 59.1 Å². The number of hydrogen-bond acceptors (Lipinski definition) is 5. The van der Waals surface area contributed by atoms with Gasteiger partial charge < -0.3 is 15.0 Å². The predicted octanol–water partition coefficient (Wildman–Crippen LogP) is 4.62. The van der Waals surface area contributed by atoms with Gasteiger partial charge in [0.1, 0.15) is 11.8 Å². The van der Waals surface area contributed by atoms with Gasteiger partial charge in [0.15, 0.2) is 0 Å². The number of halogens is 1. The molecule has 2 rings (SSSR count). The van der Waals surface area contributed by atoms with Crippen molar-refractivity contribution in [2.75, 3.05) is 30.8 Å². The Kier molecular flexibility index (Phi) is 12.2. The number of amides is 2. The summed E-state index contributed by atoms with van der Waals surface area (Å²) in [5.41, 5.74) is 1.20. The normalized spacial score (nSPS) is 12.0. The first kappa shape index (κ1) is 30.4. The molecule has 1 N–H and O–H groups in total. The summed E-state index contributed by atoms with van der Waals surface area (Å²) >= 11 is 6.37. The van der Waals surface area contributed by atoms with Crippen LogP contribution in [0.5, 0.6) is 5.75 Å². The fourth-order valence-electron chi connectivity index (χ4n) is 4.01. The molecule has 0 heterocycles. The summed E-state index contributed by atoms with van der Waals surface area (Å²) in [7, 11) is -2.08. The molecule has 8 nitrogen and oxygen atoms in total. The number of rotatable bonds is 15. The number of methoxy groups -OCH3 is 1. The fourth-order valence-corrected chi connectivity index (χ4v) is 5.16. The minimum atomic E-state index is -3.59. The highest BCUT2D eigenvalue weighted by atomic mass is 35.5. The molecule has 0 saturated carbocycles. The number of unbranched alkanes of at least 4 members (excludes halogenated alkanes) is 1. The molecule has 37 heavy (non-hydrogen) atoms. The van der Waals surface area contributed by atoms with Gasteiger partial charge in [-0.1, -0.05) is 56.1 Å². The van der Waals surface area contributed by atoms with Crippen molar-refractivity contribution in [3.63, 3.8) is 0 Å². The third-order valence-electron chi connectivity index (χ3n) is 6.01. The maximum absolute atomic E-state index is 13.5. The standard InChI is InChI=1S/C27H38ClN3O5S/c1-5-7-17-29-27(33)25(6-2)30(20-21-12-8-9-15-24(21)28)26(32)16-11-18-31(37(4,34)35)22-13-10-14-23(19-22)36-3/h8-10,12-15,19,25H,5-7,11,16-18,20H2,1-4H3,(H,29,33)/t25-/m1/s1. The van der Waals surface area contributed by atoms with Crippen molar-refractivity contribution in [1.29, 1.82) is 0 Å². The van der Waals surface area contributed by atoms with Gasteiger partial charge in [0, 0.05) is 37.1 Å². The number of carbonyl (C=O) groups excluding carboxylic acids is 2. The van der Waals surface area contributed by atoms with E-state index in [1.54, 1.807) is 35.2 Å². The second-order valence-electron chi connectivity index (χ2n) is 8.82. The van der Waals surface area contributed by atoms with E-state index in [0.717, 1.165) is 24.7 Å². The second kappa shape index (κ2) is 14.8. The SMILES string of the molecule is CCCCNC(=O)[C@@H](CC)N(Cc1ccccc1Cl)C(=O)CCCN(c1cccc(OC)c1)S(C)(=O)=O. The smallest absolute Gasteiger partial charge is 0.242 e. The molecular formula is C27H38ClN3O5S. The van der Waals surface area contributed by atoms with Crippen molar-refractivity contribution >= 4 is 39.1 Å². The summed E-state index contributed by atoms with van der Waals surface area (Å²) in [5, 5.41) is 3.45. The van der Waals surface area contributed by atoms with E-state index in [0.29, 0.717) is 29.4 Å². The summed E-state index contributed by atoms with van der Waals surface area (Å²) in [4.78, 5) is 28.0. The molecular weight excluding hydrogens is 514 g/mol. The van der Waals surface area contributed by atoms with Crippen LogP contribution in [-0.4, -0.2) is 57.6 Å². The lowest BCUT2D eigenvalue weighted by Gasteiger charge is -2.31. The van der Waals surface area contributed by atoms with E-state index in [-0.39, 0.29) is 37.7 Å². The lowest BCUT2D eigenvalue weighted by Crippen LogP contribution is -2.49. The Labute approximate surface area is 226 Å². The first-order chi connectivity index (χ1) is 17.6. The van der Waals surface area contributed by atoms with Crippen molar-refractivity contribution in [2.45, 2.75) is 58.5 Å². The Balaban J connectivity index is 2.22. The number of ether oxygens (including phenoxy) is 1. The molecule has 0 unspecified atom stereocenters. The first-order valence-corrected chi connectivity index (χ1v) is 14.8. The molecule has 2 aromatic rings. The highest BCUT2D eigenvalue weighted by Crippen LogP contribution is 2.24. The number of nitrogens with one attached hydrogen (secondary N) is 1. The second-order valence-corrected chi connectivity index (χ2v) is 11.1. The average Bonchev–Trinajstić information content (AvgIpc) is 2.86. The van der Waals surface area contributed by atoms with Gasteiger partial charge in [-0.3, -0.25) is 13.9 Å². The quantitative estimate of drug-likeness (QED) is 0.326. The van der Waals surface area contributed by atoms with Gasteiger partial charge in [-0.2, -0.15) is 0 Å². The topological polar surface area (TPSA) is 96.0 Å². The van der Waals surface area contributed by atoms with Gasteiger partial charge in [0.25, 0.3) is 0 Å². The number of anilines is 1. The highest BCUT2D eigenvalue weighted by molar-refractivity contribution is 7.92. The monoisotopic (exact) mass is 551 g/mol. The van der Waals surface area contributed by atoms with E-state index >= 15 is 0 Å². The number of sulfonamides is 1. The molecule has 2 aromatic carbocycles. The van der Waals surface area contributed by atoms with Crippen molar-refractivity contribution in [3.8, 4) is 5.75 Å². The molecule has 0 bridgehead atoms. The minimum absolute atomic E-state index is 0.0686. The van der Waals surface area contributed by atoms with Crippen LogP contribution < -0.4 is 14.4 Å². The molecule has 0 aromatic heterocycles. The Morgan fingerprint density at radius 2 is 1.81 bits per heavy atom. The van der Waals surface area contributed by atoms with Gasteiger partial charge in [-0.25, -0.2) is 8.42 Å². The van der Waals surface area contributed by atoms with Gasteiger partial charge in [0.2, 0.25) is 21.8 Å². The maximum atomic E-state index is 13.5. The summed E-state index contributed by atoms with van der Waals surface area (Å²) in [6, 6.07) is 13.3. The lowest BCUT2D eigenvalue weighted by molar-refractivity contribution is -0.141. The minimum Gasteiger partial charge on any atom is -0.497 e. The van der Waals surface area contributed by atoms with Crippen LogP contribution in [0, 0.1) is 0 Å². The zero-order valence-corrected chi connectivity index (χ0v) is 23.6. The molecule has 204 valence electrons. The maximum Gasteiger partial charge on any atom is 0.242 e. The van der Waals surface area contributed by atoms with Gasteiger partial charge in [-0.05, 0) is 43.0 Å². The van der Waals surface area contributed by atoms with Crippen LogP contribution in [0.25, 0.3) is 0 Å². The average molecular weight is 552 g/mol. The Morgan fingerprint density at radius 1 is 1.08 bits per heavy atom. The van der Waals surface area contributed by atoms with Crippen molar-refractivity contribution < 1.29 is 22.7 Å². The molecule has 0 fully saturated rings. The molecule has 10 heteroatoms. The van der Waals surface area contributed by atoms with Gasteiger partial charge >= 0.3 is 0 Å². The Hall–Kier alpha value is -2.78. The molecule has 0 spiro atoms. The van der Waals surface area contributed by atoms with E-state index < -0.39 is 16.1 Å². The first-order valence-electron chi connectivity index (χ1n) is 12.5. The van der Waals surface area contributed by atoms with Crippen molar-refractivity contribution in [1.82, 2.24) is 10.2 Å². The van der Waals surface area contributed by atoms with Crippen LogP contribution in [0.4, 0.5) is 5.69 Å². The third kappa shape index (κ3) is 9.23. The van der Waals surface area contributed by atoms with Crippen LogP contribution in [-0.2, 0) is 26.2 Å². The summed E-state index contributed by atoms with van der Waals surface area (Å²) in [5.74, 6) is 0.0926. The predicted molar refractivity (Wildman–Crippen MR) is 148 cm³/mol. The summed E-state index contributed by atoms with van der Waals surface area (Å²) < 4.78 is 31.5. The number of nitrogens with zero attached hydrogens (tertiary/aromatic N) is 2. The van der Waals surface area contributed by atoms with Gasteiger partial charge in [0.05, 0.1) is 19.1 Å². The van der Waals surface area contributed by atoms with E-state index in [2.05, 4.69) is 5.32 Å². The number of carbonyl (C=O) groups is 2. The van der Waals surface area contributed by atoms with Crippen LogP contribution >= 0.6 is 11.6 Å². The highest BCUT2D eigenvalue weighted by Gasteiger charge is 2.29. The largest absolute Gasteiger partial charge is 0.497 e. The molecule has 0 saturated heterocycles. The molecule has 2 amide bonds. The van der Waals surface area contributed by atoms with Gasteiger partial charge in [-0.15, -0.1) is 0 Å². The molecule has 0 radical (unpaired) electrons. The zero-order chi connectivity index (χ0) is 27.4. The number of benzene rings is 2. The molecule has 0 aliphatic heterocycles. The summed E-state index contributed by atoms with van der Waals surface area (Å²) in [6.07, 6.45) is 3.71. The molecule has 0 aliphatic carbocycles. The third-order valence-corrected chi connectivity index (χ3v) is 7.57. The van der Waals surface area contributed by atoms with Crippen LogP contribution in [0.2, 0.25) is 5.02 Å². The van der Waals surface area contributed by atoms with E-state index in [1.807, 2.05) is 32.0 Å². The van der Waals surface area contributed by atoms with E-state index in [9.17, 15) is 18.0 Å². The number of hydrogen-bond donors (Lipinski definition) is 1. The molecule has 1 atom stereocenters. The van der Waals surface area contributed by atoms with E-state index in [1.165, 1.54) is 11.4 Å². The molecule has 0 aliphatic rings. The Morgan fingerprint density at radius 3 is 2.43 bits per heavy atom.